The third kappa shape index (κ3) is 1.71. The average Bonchev–Trinajstić information content (AvgIpc) is 2.92. The van der Waals surface area contributed by atoms with Crippen molar-refractivity contribution in [3.05, 3.63) is 39.3 Å². The van der Waals surface area contributed by atoms with E-state index in [9.17, 15) is 14.7 Å². The van der Waals surface area contributed by atoms with Crippen molar-refractivity contribution in [1.82, 2.24) is 9.55 Å². The van der Waals surface area contributed by atoms with Gasteiger partial charge in [-0.15, -0.1) is 17.9 Å². The first-order chi connectivity index (χ1) is 9.54. The molecule has 2 aromatic rings. The maximum Gasteiger partial charge on any atom is 0.311 e. The second-order valence-electron chi connectivity index (χ2n) is 4.91. The van der Waals surface area contributed by atoms with Gasteiger partial charge in [0.2, 0.25) is 0 Å². The van der Waals surface area contributed by atoms with E-state index in [1.54, 1.807) is 17.6 Å². The first-order valence-electron chi connectivity index (χ1n) is 6.41. The first kappa shape index (κ1) is 13.1. The molecule has 6 heteroatoms. The highest BCUT2D eigenvalue weighted by atomic mass is 32.1. The lowest BCUT2D eigenvalue weighted by atomic mass is 10.0. The number of thiophene rings is 1. The lowest BCUT2D eigenvalue weighted by molar-refractivity contribution is -0.138. The number of fused-ring (bicyclic) bond motifs is 3. The third-order valence-electron chi connectivity index (χ3n) is 3.73. The summed E-state index contributed by atoms with van der Waals surface area (Å²) in [6, 6.07) is 0. The maximum absolute atomic E-state index is 12.6. The van der Waals surface area contributed by atoms with Gasteiger partial charge < -0.3 is 5.11 Å². The van der Waals surface area contributed by atoms with Gasteiger partial charge in [0.05, 0.1) is 11.3 Å². The Bertz CT molecular complexity index is 788. The average molecular weight is 290 g/mol. The van der Waals surface area contributed by atoms with Crippen molar-refractivity contribution in [2.75, 3.05) is 0 Å². The summed E-state index contributed by atoms with van der Waals surface area (Å²) >= 11 is 1.45. The molecule has 0 amide bonds. The van der Waals surface area contributed by atoms with Gasteiger partial charge in [0.25, 0.3) is 5.56 Å². The molecule has 0 saturated heterocycles. The van der Waals surface area contributed by atoms with E-state index in [-0.39, 0.29) is 5.56 Å². The summed E-state index contributed by atoms with van der Waals surface area (Å²) in [5, 5.41) is 9.80. The second-order valence-corrected chi connectivity index (χ2v) is 6.00. The van der Waals surface area contributed by atoms with Crippen LogP contribution in [0.5, 0.6) is 0 Å². The summed E-state index contributed by atoms with van der Waals surface area (Å²) in [4.78, 5) is 30.1. The molecule has 0 radical (unpaired) electrons. The molecule has 1 aliphatic carbocycles. The minimum absolute atomic E-state index is 0.155. The topological polar surface area (TPSA) is 72.2 Å². The summed E-state index contributed by atoms with van der Waals surface area (Å²) in [6.45, 7) is 5.81. The van der Waals surface area contributed by atoms with Gasteiger partial charge in [0.1, 0.15) is 10.7 Å². The molecule has 3 rings (SSSR count). The number of aliphatic carboxylic acids is 1. The van der Waals surface area contributed by atoms with Crippen LogP contribution in [0.3, 0.4) is 0 Å². The summed E-state index contributed by atoms with van der Waals surface area (Å²) in [5.74, 6) is -0.805. The normalized spacial score (nSPS) is 17.4. The van der Waals surface area contributed by atoms with Crippen molar-refractivity contribution in [2.24, 2.45) is 0 Å². The molecule has 1 aliphatic rings. The van der Waals surface area contributed by atoms with Crippen molar-refractivity contribution in [1.29, 1.82) is 0 Å². The Morgan fingerprint density at radius 1 is 1.65 bits per heavy atom. The Labute approximate surface area is 119 Å². The van der Waals surface area contributed by atoms with Gasteiger partial charge in [0, 0.05) is 11.4 Å². The lowest BCUT2D eigenvalue weighted by Gasteiger charge is -2.09. The molecule has 2 heterocycles. The SMILES string of the molecule is C=CCn1c(C)nc2sc3c(c2c1=O)C(C(=O)O)CC3. The van der Waals surface area contributed by atoms with Gasteiger partial charge in [0.15, 0.2) is 0 Å². The van der Waals surface area contributed by atoms with E-state index in [1.165, 1.54) is 11.3 Å². The number of carboxylic acid groups (broad SMARTS) is 1. The molecule has 0 spiro atoms. The fourth-order valence-corrected chi connectivity index (χ4v) is 4.10. The van der Waals surface area contributed by atoms with E-state index < -0.39 is 11.9 Å². The van der Waals surface area contributed by atoms with Crippen molar-refractivity contribution in [3.63, 3.8) is 0 Å². The molecule has 0 aromatic carbocycles. The first-order valence-corrected chi connectivity index (χ1v) is 7.22. The second kappa shape index (κ2) is 4.56. The van der Waals surface area contributed by atoms with Crippen LogP contribution in [-0.2, 0) is 17.8 Å². The van der Waals surface area contributed by atoms with Crippen LogP contribution in [0.1, 0.15) is 28.6 Å². The zero-order valence-corrected chi connectivity index (χ0v) is 11.9. The highest BCUT2D eigenvalue weighted by Gasteiger charge is 2.34. The molecule has 1 unspecified atom stereocenters. The molecular formula is C14H14N2O3S. The molecule has 0 bridgehead atoms. The zero-order valence-electron chi connectivity index (χ0n) is 11.0. The van der Waals surface area contributed by atoms with Gasteiger partial charge in [-0.2, -0.15) is 0 Å². The molecule has 5 nitrogen and oxygen atoms in total. The van der Waals surface area contributed by atoms with Gasteiger partial charge in [-0.25, -0.2) is 4.98 Å². The van der Waals surface area contributed by atoms with E-state index in [0.717, 1.165) is 4.88 Å². The number of rotatable bonds is 3. The number of carbonyl (C=O) groups is 1. The molecule has 104 valence electrons. The predicted molar refractivity (Wildman–Crippen MR) is 77.5 cm³/mol. The van der Waals surface area contributed by atoms with Crippen LogP contribution in [0.2, 0.25) is 0 Å². The Balaban J connectivity index is 2.35. The predicted octanol–water partition coefficient (Wildman–Crippen LogP) is 2.07. The fourth-order valence-electron chi connectivity index (χ4n) is 2.82. The van der Waals surface area contributed by atoms with E-state index in [0.29, 0.717) is 41.0 Å². The van der Waals surface area contributed by atoms with E-state index in [2.05, 4.69) is 11.6 Å². The minimum atomic E-state index is -0.862. The number of carboxylic acids is 1. The Morgan fingerprint density at radius 2 is 2.40 bits per heavy atom. The Kier molecular flexibility index (Phi) is 2.97. The molecule has 0 fully saturated rings. The van der Waals surface area contributed by atoms with Crippen molar-refractivity contribution < 1.29 is 9.90 Å². The van der Waals surface area contributed by atoms with Crippen LogP contribution in [0, 0.1) is 6.92 Å². The fraction of sp³-hybridized carbons (Fsp3) is 0.357. The molecule has 0 aliphatic heterocycles. The number of hydrogen-bond donors (Lipinski definition) is 1. The monoisotopic (exact) mass is 290 g/mol. The van der Waals surface area contributed by atoms with Crippen LogP contribution in [-0.4, -0.2) is 20.6 Å². The van der Waals surface area contributed by atoms with Crippen molar-refractivity contribution in [2.45, 2.75) is 32.2 Å². The number of aromatic nitrogens is 2. The third-order valence-corrected chi connectivity index (χ3v) is 4.89. The summed E-state index contributed by atoms with van der Waals surface area (Å²) < 4.78 is 1.54. The molecule has 0 saturated carbocycles. The van der Waals surface area contributed by atoms with Crippen LogP contribution >= 0.6 is 11.3 Å². The zero-order chi connectivity index (χ0) is 14.4. The lowest BCUT2D eigenvalue weighted by Crippen LogP contribution is -2.24. The van der Waals surface area contributed by atoms with Gasteiger partial charge in [-0.05, 0) is 25.3 Å². The molecule has 1 atom stereocenters. The number of aryl methyl sites for hydroxylation is 2. The van der Waals surface area contributed by atoms with E-state index >= 15 is 0 Å². The summed E-state index contributed by atoms with van der Waals surface area (Å²) in [7, 11) is 0. The smallest absolute Gasteiger partial charge is 0.311 e. The summed E-state index contributed by atoms with van der Waals surface area (Å²) in [5.41, 5.74) is 0.533. The van der Waals surface area contributed by atoms with Crippen LogP contribution in [0.25, 0.3) is 10.2 Å². The summed E-state index contributed by atoms with van der Waals surface area (Å²) in [6.07, 6.45) is 2.93. The van der Waals surface area contributed by atoms with Crippen molar-refractivity contribution >= 4 is 27.5 Å². The van der Waals surface area contributed by atoms with Gasteiger partial charge in [-0.3, -0.25) is 14.2 Å². The molecule has 20 heavy (non-hydrogen) atoms. The number of hydrogen-bond acceptors (Lipinski definition) is 4. The molecular weight excluding hydrogens is 276 g/mol. The molecule has 1 N–H and O–H groups in total. The highest BCUT2D eigenvalue weighted by molar-refractivity contribution is 7.18. The number of nitrogens with zero attached hydrogens (tertiary/aromatic N) is 2. The van der Waals surface area contributed by atoms with Crippen LogP contribution in [0.4, 0.5) is 0 Å². The van der Waals surface area contributed by atoms with Gasteiger partial charge >= 0.3 is 5.97 Å². The quantitative estimate of drug-likeness (QED) is 0.878. The van der Waals surface area contributed by atoms with Crippen molar-refractivity contribution in [3.8, 4) is 0 Å². The van der Waals surface area contributed by atoms with Crippen LogP contribution in [0.15, 0.2) is 17.4 Å². The largest absolute Gasteiger partial charge is 0.481 e. The van der Waals surface area contributed by atoms with Gasteiger partial charge in [-0.1, -0.05) is 6.08 Å². The Morgan fingerprint density at radius 3 is 3.05 bits per heavy atom. The maximum atomic E-state index is 12.6. The van der Waals surface area contributed by atoms with E-state index in [1.807, 2.05) is 0 Å². The minimum Gasteiger partial charge on any atom is -0.481 e. The number of allylic oxidation sites excluding steroid dienone is 1. The highest BCUT2D eigenvalue weighted by Crippen LogP contribution is 2.42. The standard InChI is InChI=1S/C14H14N2O3S/c1-3-6-16-7(2)15-12-11(13(16)17)10-8(14(18)19)4-5-9(10)20-12/h3,8H,1,4-6H2,2H3,(H,18,19). The van der Waals surface area contributed by atoms with E-state index in [4.69, 9.17) is 0 Å². The molecule has 2 aromatic heterocycles. The Hall–Kier alpha value is -1.95. The van der Waals surface area contributed by atoms with Crippen LogP contribution < -0.4 is 5.56 Å².